The van der Waals surface area contributed by atoms with Crippen LogP contribution in [0.25, 0.3) is 0 Å². The van der Waals surface area contributed by atoms with Crippen molar-refractivity contribution in [2.24, 2.45) is 0 Å². The lowest BCUT2D eigenvalue weighted by atomic mass is 10.1. The Morgan fingerprint density at radius 3 is 2.21 bits per heavy atom. The van der Waals surface area contributed by atoms with E-state index in [0.29, 0.717) is 0 Å². The third-order valence-corrected chi connectivity index (χ3v) is 2.63. The molecule has 1 rings (SSSR count). The van der Waals surface area contributed by atoms with Crippen LogP contribution < -0.4 is 10.6 Å². The summed E-state index contributed by atoms with van der Waals surface area (Å²) in [6, 6.07) is 5.68. The van der Waals surface area contributed by atoms with Crippen LogP contribution in [0.1, 0.15) is 38.3 Å². The van der Waals surface area contributed by atoms with Crippen LogP contribution in [0.2, 0.25) is 0 Å². The van der Waals surface area contributed by atoms with Gasteiger partial charge in [0.15, 0.2) is 0 Å². The molecule has 19 heavy (non-hydrogen) atoms. The van der Waals surface area contributed by atoms with Crippen LogP contribution in [0, 0.1) is 13.8 Å². The Morgan fingerprint density at radius 2 is 1.68 bits per heavy atom. The largest absolute Gasteiger partial charge is 0.351 e. The monoisotopic (exact) mass is 262 g/mol. The van der Waals surface area contributed by atoms with E-state index in [1.807, 2.05) is 52.8 Å². The fourth-order valence-corrected chi connectivity index (χ4v) is 1.63. The maximum Gasteiger partial charge on any atom is 0.233 e. The van der Waals surface area contributed by atoms with Gasteiger partial charge in [0, 0.05) is 11.2 Å². The third kappa shape index (κ3) is 5.55. The van der Waals surface area contributed by atoms with Crippen LogP contribution in [0.15, 0.2) is 18.2 Å². The minimum Gasteiger partial charge on any atom is -0.351 e. The summed E-state index contributed by atoms with van der Waals surface area (Å²) in [5.74, 6) is -0.571. The Balaban J connectivity index is 2.56. The molecule has 0 atom stereocenters. The van der Waals surface area contributed by atoms with Gasteiger partial charge in [-0.2, -0.15) is 0 Å². The first-order valence-corrected chi connectivity index (χ1v) is 6.35. The van der Waals surface area contributed by atoms with Crippen LogP contribution in [-0.4, -0.2) is 17.4 Å². The van der Waals surface area contributed by atoms with Gasteiger partial charge in [-0.1, -0.05) is 6.07 Å². The molecule has 0 aliphatic carbocycles. The fraction of sp³-hybridized carbons (Fsp3) is 0.467. The van der Waals surface area contributed by atoms with E-state index >= 15 is 0 Å². The Labute approximate surface area is 114 Å². The third-order valence-electron chi connectivity index (χ3n) is 2.63. The molecule has 0 saturated heterocycles. The lowest BCUT2D eigenvalue weighted by Gasteiger charge is -2.20. The van der Waals surface area contributed by atoms with E-state index in [0.717, 1.165) is 11.3 Å². The highest BCUT2D eigenvalue weighted by molar-refractivity contribution is 6.03. The standard InChI is InChI=1S/C15H22N2O2/c1-10-6-7-12(8-11(10)2)16-13(18)9-14(19)17-15(3,4)5/h6-8H,9H2,1-5H3,(H,16,18)(H,17,19). The number of anilines is 1. The summed E-state index contributed by atoms with van der Waals surface area (Å²) in [6.07, 6.45) is -0.163. The molecule has 0 aliphatic rings. The van der Waals surface area contributed by atoms with Crippen molar-refractivity contribution in [3.05, 3.63) is 29.3 Å². The van der Waals surface area contributed by atoms with Crippen molar-refractivity contribution in [2.45, 2.75) is 46.6 Å². The first-order valence-electron chi connectivity index (χ1n) is 6.35. The van der Waals surface area contributed by atoms with Gasteiger partial charge in [-0.05, 0) is 57.9 Å². The topological polar surface area (TPSA) is 58.2 Å². The number of hydrogen-bond donors (Lipinski definition) is 2. The first-order chi connectivity index (χ1) is 8.67. The Morgan fingerprint density at radius 1 is 1.05 bits per heavy atom. The van der Waals surface area contributed by atoms with E-state index in [1.54, 1.807) is 0 Å². The van der Waals surface area contributed by atoms with Crippen molar-refractivity contribution < 1.29 is 9.59 Å². The summed E-state index contributed by atoms with van der Waals surface area (Å²) in [6.45, 7) is 9.64. The predicted octanol–water partition coefficient (Wildman–Crippen LogP) is 2.55. The number of nitrogens with one attached hydrogen (secondary N) is 2. The van der Waals surface area contributed by atoms with Crippen molar-refractivity contribution in [2.75, 3.05) is 5.32 Å². The zero-order chi connectivity index (χ0) is 14.6. The molecule has 0 aliphatic heterocycles. The zero-order valence-electron chi connectivity index (χ0n) is 12.3. The summed E-state index contributed by atoms with van der Waals surface area (Å²) in [4.78, 5) is 23.3. The van der Waals surface area contributed by atoms with Crippen LogP contribution in [-0.2, 0) is 9.59 Å². The van der Waals surface area contributed by atoms with Gasteiger partial charge >= 0.3 is 0 Å². The van der Waals surface area contributed by atoms with E-state index in [4.69, 9.17) is 0 Å². The van der Waals surface area contributed by atoms with Gasteiger partial charge in [0.1, 0.15) is 6.42 Å². The zero-order valence-corrected chi connectivity index (χ0v) is 12.3. The number of carbonyl (C=O) groups is 2. The van der Waals surface area contributed by atoms with Crippen LogP contribution in [0.5, 0.6) is 0 Å². The summed E-state index contributed by atoms with van der Waals surface area (Å²) < 4.78 is 0. The number of aryl methyl sites for hydroxylation is 2. The van der Waals surface area contributed by atoms with Gasteiger partial charge in [-0.3, -0.25) is 9.59 Å². The molecule has 4 heteroatoms. The van der Waals surface area contributed by atoms with Crippen molar-refractivity contribution >= 4 is 17.5 Å². The average molecular weight is 262 g/mol. The number of amides is 2. The molecule has 0 bridgehead atoms. The molecule has 104 valence electrons. The Hall–Kier alpha value is -1.84. The van der Waals surface area contributed by atoms with Crippen molar-refractivity contribution in [3.63, 3.8) is 0 Å². The maximum absolute atomic E-state index is 11.7. The normalized spacial score (nSPS) is 11.0. The van der Waals surface area contributed by atoms with Gasteiger partial charge in [-0.15, -0.1) is 0 Å². The van der Waals surface area contributed by atoms with Crippen molar-refractivity contribution in [1.82, 2.24) is 5.32 Å². The molecule has 0 fully saturated rings. The fourth-order valence-electron chi connectivity index (χ4n) is 1.63. The summed E-state index contributed by atoms with van der Waals surface area (Å²) in [5, 5.41) is 5.48. The van der Waals surface area contributed by atoms with Gasteiger partial charge in [0.05, 0.1) is 0 Å². The number of rotatable bonds is 3. The van der Waals surface area contributed by atoms with Gasteiger partial charge in [0.25, 0.3) is 0 Å². The van der Waals surface area contributed by atoms with Crippen molar-refractivity contribution in [1.29, 1.82) is 0 Å². The number of benzene rings is 1. The molecular formula is C15H22N2O2. The predicted molar refractivity (Wildman–Crippen MR) is 77.1 cm³/mol. The molecule has 0 heterocycles. The molecular weight excluding hydrogens is 240 g/mol. The smallest absolute Gasteiger partial charge is 0.233 e. The van der Waals surface area contributed by atoms with Crippen LogP contribution in [0.4, 0.5) is 5.69 Å². The highest BCUT2D eigenvalue weighted by atomic mass is 16.2. The molecule has 0 radical (unpaired) electrons. The van der Waals surface area contributed by atoms with Crippen LogP contribution in [0.3, 0.4) is 0 Å². The second-order valence-corrected chi connectivity index (χ2v) is 5.82. The highest BCUT2D eigenvalue weighted by Crippen LogP contribution is 2.14. The SMILES string of the molecule is Cc1ccc(NC(=O)CC(=O)NC(C)(C)C)cc1C. The lowest BCUT2D eigenvalue weighted by Crippen LogP contribution is -2.41. The first kappa shape index (κ1) is 15.2. The number of hydrogen-bond acceptors (Lipinski definition) is 2. The summed E-state index contributed by atoms with van der Waals surface area (Å²) in [7, 11) is 0. The quantitative estimate of drug-likeness (QED) is 0.822. The van der Waals surface area contributed by atoms with Crippen LogP contribution >= 0.6 is 0 Å². The van der Waals surface area contributed by atoms with Crippen molar-refractivity contribution in [3.8, 4) is 0 Å². The second kappa shape index (κ2) is 5.87. The average Bonchev–Trinajstić information content (AvgIpc) is 2.20. The second-order valence-electron chi connectivity index (χ2n) is 5.82. The molecule has 4 nitrogen and oxygen atoms in total. The van der Waals surface area contributed by atoms with Gasteiger partial charge in [0.2, 0.25) is 11.8 Å². The lowest BCUT2D eigenvalue weighted by molar-refractivity contribution is -0.127. The van der Waals surface area contributed by atoms with E-state index in [9.17, 15) is 9.59 Å². The summed E-state index contributed by atoms with van der Waals surface area (Å²) in [5.41, 5.74) is 2.68. The Bertz CT molecular complexity index is 487. The minimum absolute atomic E-state index is 0.163. The van der Waals surface area contributed by atoms with E-state index in [-0.39, 0.29) is 23.8 Å². The Kier molecular flexibility index (Phi) is 4.70. The number of carbonyl (C=O) groups excluding carboxylic acids is 2. The molecule has 0 aromatic heterocycles. The summed E-state index contributed by atoms with van der Waals surface area (Å²) >= 11 is 0. The van der Waals surface area contributed by atoms with E-state index in [1.165, 1.54) is 5.56 Å². The van der Waals surface area contributed by atoms with Gasteiger partial charge < -0.3 is 10.6 Å². The molecule has 0 saturated carbocycles. The van der Waals surface area contributed by atoms with E-state index in [2.05, 4.69) is 10.6 Å². The molecule has 2 N–H and O–H groups in total. The van der Waals surface area contributed by atoms with E-state index < -0.39 is 0 Å². The maximum atomic E-state index is 11.7. The molecule has 2 amide bonds. The molecule has 0 spiro atoms. The molecule has 0 unspecified atom stereocenters. The highest BCUT2D eigenvalue weighted by Gasteiger charge is 2.16. The molecule has 1 aromatic rings. The van der Waals surface area contributed by atoms with Gasteiger partial charge in [-0.25, -0.2) is 0 Å². The molecule has 1 aromatic carbocycles. The minimum atomic E-state index is -0.322.